The first-order valence-electron chi connectivity index (χ1n) is 0. The molecular weight excluding hydrogens is 155 g/mol. The molecule has 0 saturated carbocycles. The number of hydrogen-bond acceptors (Lipinski definition) is 0. The Hall–Kier alpha value is 2.64. The molecule has 0 unspecified atom stereocenters. The van der Waals surface area contributed by atoms with Gasteiger partial charge in [0.2, 0.25) is 0 Å². The zero-order valence-corrected chi connectivity index (χ0v) is 8.18. The van der Waals surface area contributed by atoms with Gasteiger partial charge in [0.1, 0.15) is 0 Å². The van der Waals surface area contributed by atoms with E-state index in [1.54, 1.807) is 0 Å². The maximum atomic E-state index is 0. The Bertz CT molecular complexity index is 8.00. The minimum absolute atomic E-state index is 0. The molecule has 0 saturated heterocycles. The summed E-state index contributed by atoms with van der Waals surface area (Å²) < 4.78 is 0. The van der Waals surface area contributed by atoms with Crippen LogP contribution in [0.15, 0.2) is 0 Å². The molecule has 15 valence electrons. The van der Waals surface area contributed by atoms with Gasteiger partial charge in [0.05, 0.1) is 0 Å². The molecule has 0 aromatic carbocycles. The van der Waals surface area contributed by atoms with Crippen LogP contribution in [0.1, 0.15) is 0 Å². The average Bonchev–Trinajstić information content (AvgIpc) is 0. The van der Waals surface area contributed by atoms with Crippen LogP contribution in [0.5, 0.6) is 0 Å². The van der Waals surface area contributed by atoms with Crippen molar-refractivity contribution in [2.75, 3.05) is 0 Å². The van der Waals surface area contributed by atoms with E-state index in [0.717, 1.165) is 0 Å². The van der Waals surface area contributed by atoms with Crippen molar-refractivity contribution >= 4 is 88.8 Å². The van der Waals surface area contributed by atoms with Crippen LogP contribution in [0.2, 0.25) is 0 Å². The summed E-state index contributed by atoms with van der Waals surface area (Å²) in [6.45, 7) is 0. The van der Waals surface area contributed by atoms with E-state index in [1.807, 2.05) is 0 Å². The molecule has 0 bridgehead atoms. The van der Waals surface area contributed by atoms with Gasteiger partial charge >= 0.3 is 0 Å². The Morgan fingerprint density at radius 1 is 1.00 bits per heavy atom. The maximum absolute atomic E-state index is 0. The van der Waals surface area contributed by atoms with Crippen LogP contribution in [0.4, 0.5) is 0 Å². The fourth-order valence-corrected chi connectivity index (χ4v) is 0. The summed E-state index contributed by atoms with van der Waals surface area (Å²) in [4.78, 5) is 0. The molecule has 0 aliphatic rings. The van der Waals surface area contributed by atoms with Gasteiger partial charge < -0.3 is 0 Å². The second kappa shape index (κ2) is 17.4. The van der Waals surface area contributed by atoms with Gasteiger partial charge in [-0.15, -0.1) is 0 Å². The molecule has 0 N–H and O–H groups in total. The molecular formula is H2LiSSiSr. The summed E-state index contributed by atoms with van der Waals surface area (Å²) in [5.74, 6) is 0. The quantitative estimate of drug-likeness (QED) is 0.394. The summed E-state index contributed by atoms with van der Waals surface area (Å²) in [6, 6.07) is 0. The van der Waals surface area contributed by atoms with Gasteiger partial charge in [0, 0.05) is 75.3 Å². The van der Waals surface area contributed by atoms with Gasteiger partial charge in [-0.05, 0) is 0 Å². The van der Waals surface area contributed by atoms with Crippen molar-refractivity contribution in [3.63, 3.8) is 0 Å². The maximum Gasteiger partial charge on any atom is 0 e. The normalized spacial score (nSPS) is 0. The first kappa shape index (κ1) is 30.3. The molecule has 0 heterocycles. The van der Waals surface area contributed by atoms with Crippen LogP contribution in [0.3, 0.4) is 0 Å². The van der Waals surface area contributed by atoms with Crippen LogP contribution in [0, 0.1) is 0 Å². The zero-order chi connectivity index (χ0) is 0. The van der Waals surface area contributed by atoms with Gasteiger partial charge in [0.25, 0.3) is 0 Å². The van der Waals surface area contributed by atoms with Gasteiger partial charge in [-0.2, -0.15) is 13.5 Å². The molecule has 0 spiro atoms. The second-order valence-electron chi connectivity index (χ2n) is 0. The standard InChI is InChI=1S/Li.H2S.Si.Sr/h;1H2;;. The Kier molecular flexibility index (Phi) is 132. The van der Waals surface area contributed by atoms with Gasteiger partial charge in [-0.25, -0.2) is 0 Å². The Balaban J connectivity index is 0. The van der Waals surface area contributed by atoms with Crippen LogP contribution < -0.4 is 0 Å². The predicted octanol–water partition coefficient (Wildman–Crippen LogP) is -1.03. The number of rotatable bonds is 0. The van der Waals surface area contributed by atoms with E-state index in [2.05, 4.69) is 0 Å². The van der Waals surface area contributed by atoms with Crippen molar-refractivity contribution in [3.8, 4) is 0 Å². The third-order valence-electron chi connectivity index (χ3n) is 0. The molecule has 4 heteroatoms. The third-order valence-corrected chi connectivity index (χ3v) is 0. The smallest absolute Gasteiger partial charge is 0 e. The van der Waals surface area contributed by atoms with Crippen molar-refractivity contribution in [1.82, 2.24) is 0 Å². The Morgan fingerprint density at radius 3 is 1.00 bits per heavy atom. The Labute approximate surface area is 87.0 Å². The molecule has 0 nitrogen and oxygen atoms in total. The first-order valence-corrected chi connectivity index (χ1v) is 0. The largest absolute Gasteiger partial charge is 0.197 e. The molecule has 0 aromatic rings. The summed E-state index contributed by atoms with van der Waals surface area (Å²) in [5.41, 5.74) is 0. The minimum atomic E-state index is 0. The summed E-state index contributed by atoms with van der Waals surface area (Å²) in [5, 5.41) is 0. The molecule has 0 fully saturated rings. The molecule has 0 aliphatic carbocycles. The molecule has 7 radical (unpaired) electrons. The van der Waals surface area contributed by atoms with Gasteiger partial charge in [-0.3, -0.25) is 0 Å². The van der Waals surface area contributed by atoms with E-state index in [0.29, 0.717) is 0 Å². The number of hydrogen-bond donors (Lipinski definition) is 0. The average molecular weight is 157 g/mol. The molecule has 0 atom stereocenters. The summed E-state index contributed by atoms with van der Waals surface area (Å²) >= 11 is 0. The zero-order valence-electron chi connectivity index (χ0n) is 2.71. The van der Waals surface area contributed by atoms with Crippen LogP contribution in [-0.4, -0.2) is 75.3 Å². The predicted molar refractivity (Wildman–Crippen MR) is 27.6 cm³/mol. The Morgan fingerprint density at radius 2 is 1.00 bits per heavy atom. The first-order chi connectivity index (χ1) is 0. The minimum Gasteiger partial charge on any atom is -0.197 e. The van der Waals surface area contributed by atoms with E-state index >= 15 is 0 Å². The van der Waals surface area contributed by atoms with Crippen LogP contribution in [-0.2, 0) is 0 Å². The van der Waals surface area contributed by atoms with E-state index < -0.39 is 0 Å². The van der Waals surface area contributed by atoms with Crippen molar-refractivity contribution < 1.29 is 0 Å². The van der Waals surface area contributed by atoms with E-state index in [9.17, 15) is 0 Å². The molecule has 0 aliphatic heterocycles. The topological polar surface area (TPSA) is 0 Å². The fourth-order valence-electron chi connectivity index (χ4n) is 0. The van der Waals surface area contributed by atoms with Crippen molar-refractivity contribution in [3.05, 3.63) is 0 Å². The van der Waals surface area contributed by atoms with E-state index in [1.165, 1.54) is 0 Å². The van der Waals surface area contributed by atoms with Crippen LogP contribution in [0.25, 0.3) is 0 Å². The third kappa shape index (κ3) is 8.82. The summed E-state index contributed by atoms with van der Waals surface area (Å²) in [7, 11) is 0. The molecule has 0 rings (SSSR count). The monoisotopic (exact) mass is 157 g/mol. The van der Waals surface area contributed by atoms with Crippen molar-refractivity contribution in [2.45, 2.75) is 0 Å². The molecule has 4 heavy (non-hydrogen) atoms. The van der Waals surface area contributed by atoms with E-state index in [4.69, 9.17) is 0 Å². The molecule has 0 aromatic heterocycles. The van der Waals surface area contributed by atoms with Gasteiger partial charge in [-0.1, -0.05) is 0 Å². The van der Waals surface area contributed by atoms with Crippen LogP contribution >= 0.6 is 13.5 Å². The summed E-state index contributed by atoms with van der Waals surface area (Å²) in [6.07, 6.45) is 0. The van der Waals surface area contributed by atoms with Crippen molar-refractivity contribution in [2.24, 2.45) is 0 Å². The second-order valence-corrected chi connectivity index (χ2v) is 0. The van der Waals surface area contributed by atoms with Gasteiger partial charge in [0.15, 0.2) is 0 Å². The molecule has 0 amide bonds. The van der Waals surface area contributed by atoms with Crippen molar-refractivity contribution in [1.29, 1.82) is 0 Å². The SMILES string of the molecule is S.[Li].[Si].[Sr]. The fraction of sp³-hybridized carbons (Fsp3) is 0. The van der Waals surface area contributed by atoms with E-state index in [-0.39, 0.29) is 88.8 Å².